The number of aliphatic hydroxyl groups is 2. The molecule has 7 nitrogen and oxygen atoms in total. The summed E-state index contributed by atoms with van der Waals surface area (Å²) < 4.78 is 20.4. The van der Waals surface area contributed by atoms with Crippen LogP contribution in [0, 0.1) is 5.82 Å². The minimum atomic E-state index is -1.46. The molecule has 0 spiro atoms. The van der Waals surface area contributed by atoms with Crippen molar-refractivity contribution in [3.63, 3.8) is 0 Å². The normalized spacial score (nSPS) is 26.1. The Kier molecular flexibility index (Phi) is 4.79. The Balaban J connectivity index is 2.10. The predicted molar refractivity (Wildman–Crippen MR) is 87.0 cm³/mol. The SMILES string of the molecule is O=c1[nH]c(=O)n([C@@]2(Cc3ccc(Cl)cc3)C[C@H](O)[C@@H](CO)O2)cc1F. The molecule has 0 bridgehead atoms. The molecule has 3 atom stereocenters. The van der Waals surface area contributed by atoms with Crippen molar-refractivity contribution in [2.45, 2.75) is 30.8 Å². The molecular formula is C16H16ClFN2O5. The molecule has 0 saturated carbocycles. The van der Waals surface area contributed by atoms with Crippen LogP contribution in [0.15, 0.2) is 40.1 Å². The first kappa shape index (κ1) is 17.8. The first-order valence-corrected chi connectivity index (χ1v) is 7.95. The van der Waals surface area contributed by atoms with Crippen LogP contribution in [0.4, 0.5) is 4.39 Å². The molecule has 0 amide bonds. The summed E-state index contributed by atoms with van der Waals surface area (Å²) >= 11 is 5.86. The highest BCUT2D eigenvalue weighted by Crippen LogP contribution is 2.37. The van der Waals surface area contributed by atoms with Gasteiger partial charge in [-0.1, -0.05) is 23.7 Å². The van der Waals surface area contributed by atoms with Gasteiger partial charge in [0, 0.05) is 17.9 Å². The number of nitrogens with one attached hydrogen (secondary N) is 1. The predicted octanol–water partition coefficient (Wildman–Crippen LogP) is 0.367. The summed E-state index contributed by atoms with van der Waals surface area (Å²) in [5, 5.41) is 20.0. The summed E-state index contributed by atoms with van der Waals surface area (Å²) in [6, 6.07) is 6.71. The molecule has 0 radical (unpaired) electrons. The zero-order valence-electron chi connectivity index (χ0n) is 13.0. The summed E-state index contributed by atoms with van der Waals surface area (Å²) in [5.74, 6) is -1.15. The third kappa shape index (κ3) is 3.38. The standard InChI is InChI=1S/C16H16ClFN2O5/c17-10-3-1-9(2-4-10)5-16(6-12(22)13(8-21)25-16)20-7-11(18)14(23)19-15(20)24/h1-4,7,12-13,21-22H,5-6,8H2,(H,19,23,24)/t12-,13+,16+/m0/s1. The van der Waals surface area contributed by atoms with Crippen LogP contribution in [0.25, 0.3) is 0 Å². The quantitative estimate of drug-likeness (QED) is 0.721. The van der Waals surface area contributed by atoms with E-state index in [0.717, 1.165) is 10.8 Å². The maximum absolute atomic E-state index is 13.8. The molecule has 1 saturated heterocycles. The van der Waals surface area contributed by atoms with Crippen LogP contribution in [0.3, 0.4) is 0 Å². The van der Waals surface area contributed by atoms with Gasteiger partial charge in [-0.2, -0.15) is 4.39 Å². The van der Waals surface area contributed by atoms with Crippen molar-refractivity contribution in [1.82, 2.24) is 9.55 Å². The van der Waals surface area contributed by atoms with Gasteiger partial charge in [0.25, 0.3) is 5.56 Å². The summed E-state index contributed by atoms with van der Waals surface area (Å²) in [6.45, 7) is -0.468. The minimum Gasteiger partial charge on any atom is -0.394 e. The molecule has 0 unspecified atom stereocenters. The molecule has 3 N–H and O–H groups in total. The maximum Gasteiger partial charge on any atom is 0.330 e. The second-order valence-corrected chi connectivity index (χ2v) is 6.40. The lowest BCUT2D eigenvalue weighted by Crippen LogP contribution is -2.46. The average molecular weight is 371 g/mol. The Labute approximate surface area is 146 Å². The molecule has 2 heterocycles. The van der Waals surface area contributed by atoms with E-state index in [-0.39, 0.29) is 12.8 Å². The molecule has 134 valence electrons. The average Bonchev–Trinajstić information content (AvgIpc) is 2.89. The highest BCUT2D eigenvalue weighted by molar-refractivity contribution is 6.30. The van der Waals surface area contributed by atoms with Crippen molar-refractivity contribution < 1.29 is 19.3 Å². The smallest absolute Gasteiger partial charge is 0.330 e. The van der Waals surface area contributed by atoms with Crippen LogP contribution >= 0.6 is 11.6 Å². The zero-order valence-corrected chi connectivity index (χ0v) is 13.7. The molecule has 1 aromatic heterocycles. The Hall–Kier alpha value is -2.00. The summed E-state index contributed by atoms with van der Waals surface area (Å²) in [4.78, 5) is 25.4. The summed E-state index contributed by atoms with van der Waals surface area (Å²) in [5.41, 5.74) is -2.75. The second kappa shape index (κ2) is 6.72. The number of benzene rings is 1. The molecule has 9 heteroatoms. The van der Waals surface area contributed by atoms with Gasteiger partial charge in [0.05, 0.1) is 18.9 Å². The largest absolute Gasteiger partial charge is 0.394 e. The van der Waals surface area contributed by atoms with Crippen molar-refractivity contribution in [3.05, 3.63) is 67.7 Å². The van der Waals surface area contributed by atoms with E-state index in [1.807, 2.05) is 4.98 Å². The lowest BCUT2D eigenvalue weighted by molar-refractivity contribution is -0.119. The monoisotopic (exact) mass is 370 g/mol. The van der Waals surface area contributed by atoms with Gasteiger partial charge in [-0.05, 0) is 17.7 Å². The van der Waals surface area contributed by atoms with Gasteiger partial charge in [0.15, 0.2) is 5.72 Å². The fourth-order valence-electron chi connectivity index (χ4n) is 3.05. The molecule has 0 aliphatic carbocycles. The zero-order chi connectivity index (χ0) is 18.2. The highest BCUT2D eigenvalue weighted by Gasteiger charge is 2.48. The first-order chi connectivity index (χ1) is 11.8. The van der Waals surface area contributed by atoms with Gasteiger partial charge >= 0.3 is 5.69 Å². The lowest BCUT2D eigenvalue weighted by atomic mass is 9.97. The third-order valence-electron chi connectivity index (χ3n) is 4.24. The Morgan fingerprint density at radius 2 is 2.04 bits per heavy atom. The number of hydrogen-bond donors (Lipinski definition) is 3. The first-order valence-electron chi connectivity index (χ1n) is 7.58. The Bertz CT molecular complexity index is 881. The number of rotatable bonds is 4. The van der Waals surface area contributed by atoms with Crippen molar-refractivity contribution >= 4 is 11.6 Å². The van der Waals surface area contributed by atoms with Crippen LogP contribution < -0.4 is 11.2 Å². The third-order valence-corrected chi connectivity index (χ3v) is 4.49. The van der Waals surface area contributed by atoms with Crippen LogP contribution in [0.2, 0.25) is 5.02 Å². The van der Waals surface area contributed by atoms with Gasteiger partial charge in [-0.3, -0.25) is 14.3 Å². The minimum absolute atomic E-state index is 0.0633. The van der Waals surface area contributed by atoms with E-state index in [1.54, 1.807) is 24.3 Å². The Morgan fingerprint density at radius 1 is 1.36 bits per heavy atom. The fraction of sp³-hybridized carbons (Fsp3) is 0.375. The van der Waals surface area contributed by atoms with Gasteiger partial charge in [0.2, 0.25) is 5.82 Å². The van der Waals surface area contributed by atoms with Crippen molar-refractivity contribution in [1.29, 1.82) is 0 Å². The highest BCUT2D eigenvalue weighted by atomic mass is 35.5. The maximum atomic E-state index is 13.8. The van der Waals surface area contributed by atoms with Crippen molar-refractivity contribution in [3.8, 4) is 0 Å². The van der Waals surface area contributed by atoms with E-state index >= 15 is 0 Å². The van der Waals surface area contributed by atoms with E-state index in [4.69, 9.17) is 16.3 Å². The van der Waals surface area contributed by atoms with E-state index in [2.05, 4.69) is 0 Å². The van der Waals surface area contributed by atoms with Crippen molar-refractivity contribution in [2.75, 3.05) is 6.61 Å². The number of hydrogen-bond acceptors (Lipinski definition) is 5. The number of aliphatic hydroxyl groups excluding tert-OH is 2. The van der Waals surface area contributed by atoms with E-state index in [9.17, 15) is 24.2 Å². The van der Waals surface area contributed by atoms with Crippen LogP contribution in [0.1, 0.15) is 12.0 Å². The molecule has 1 aliphatic rings. The number of H-pyrrole nitrogens is 1. The topological polar surface area (TPSA) is 105 Å². The summed E-state index contributed by atoms with van der Waals surface area (Å²) in [6.07, 6.45) is -1.20. The lowest BCUT2D eigenvalue weighted by Gasteiger charge is -2.31. The number of halogens is 2. The van der Waals surface area contributed by atoms with Crippen LogP contribution in [-0.4, -0.2) is 38.6 Å². The number of ether oxygens (including phenoxy) is 1. The molecule has 2 aromatic rings. The van der Waals surface area contributed by atoms with Gasteiger partial charge in [-0.15, -0.1) is 0 Å². The van der Waals surface area contributed by atoms with Crippen molar-refractivity contribution in [2.24, 2.45) is 0 Å². The molecule has 25 heavy (non-hydrogen) atoms. The van der Waals surface area contributed by atoms with E-state index in [0.29, 0.717) is 10.6 Å². The van der Waals surface area contributed by atoms with Crippen LogP contribution in [-0.2, 0) is 16.9 Å². The molecular weight excluding hydrogens is 355 g/mol. The number of aromatic amines is 1. The summed E-state index contributed by atoms with van der Waals surface area (Å²) in [7, 11) is 0. The molecule has 1 aliphatic heterocycles. The molecule has 1 fully saturated rings. The molecule has 1 aromatic carbocycles. The van der Waals surface area contributed by atoms with Gasteiger partial charge in [0.1, 0.15) is 6.10 Å². The Morgan fingerprint density at radius 3 is 2.64 bits per heavy atom. The van der Waals surface area contributed by atoms with Gasteiger partial charge < -0.3 is 14.9 Å². The number of nitrogens with zero attached hydrogens (tertiary/aromatic N) is 1. The van der Waals surface area contributed by atoms with Gasteiger partial charge in [-0.25, -0.2) is 4.79 Å². The number of aromatic nitrogens is 2. The second-order valence-electron chi connectivity index (χ2n) is 5.97. The molecule has 3 rings (SSSR count). The fourth-order valence-corrected chi connectivity index (χ4v) is 3.18. The van der Waals surface area contributed by atoms with Crippen LogP contribution in [0.5, 0.6) is 0 Å². The van der Waals surface area contributed by atoms with E-state index < -0.39 is 41.6 Å². The van der Waals surface area contributed by atoms with E-state index in [1.165, 1.54) is 0 Å².